The number of hydrogen-bond acceptors (Lipinski definition) is 1. The first-order chi connectivity index (χ1) is 6.17. The molecule has 1 heteroatoms. The lowest BCUT2D eigenvalue weighted by Gasteiger charge is -2.09. The van der Waals surface area contributed by atoms with Gasteiger partial charge in [0.05, 0.1) is 0 Å². The van der Waals surface area contributed by atoms with Gasteiger partial charge in [0, 0.05) is 4.91 Å². The van der Waals surface area contributed by atoms with E-state index in [1.165, 1.54) is 11.1 Å². The molecule has 0 atom stereocenters. The van der Waals surface area contributed by atoms with Crippen LogP contribution in [-0.4, -0.2) is 0 Å². The first kappa shape index (κ1) is 12.6. The van der Waals surface area contributed by atoms with Crippen LogP contribution in [0.15, 0.2) is 34.8 Å². The van der Waals surface area contributed by atoms with Gasteiger partial charge in [-0.05, 0) is 30.9 Å². The van der Waals surface area contributed by atoms with Crippen molar-refractivity contribution in [1.29, 1.82) is 0 Å². The van der Waals surface area contributed by atoms with E-state index in [-0.39, 0.29) is 0 Å². The van der Waals surface area contributed by atoms with Crippen LogP contribution in [0, 0.1) is 0 Å². The van der Waals surface area contributed by atoms with Gasteiger partial charge in [-0.1, -0.05) is 39.0 Å². The molecule has 0 rings (SSSR count). The highest BCUT2D eigenvalue weighted by Gasteiger charge is 2.02. The first-order valence-corrected chi connectivity index (χ1v) is 5.35. The summed E-state index contributed by atoms with van der Waals surface area (Å²) in [7, 11) is 0. The van der Waals surface area contributed by atoms with E-state index in [0.717, 1.165) is 24.2 Å². The molecule has 0 N–H and O–H groups in total. The molecule has 0 aliphatic rings. The Bertz CT molecular complexity index is 221. The van der Waals surface area contributed by atoms with Crippen LogP contribution in [0.4, 0.5) is 0 Å². The van der Waals surface area contributed by atoms with Gasteiger partial charge in [0.15, 0.2) is 0 Å². The number of allylic oxidation sites excluding steroid dienone is 4. The van der Waals surface area contributed by atoms with E-state index in [4.69, 9.17) is 0 Å². The molecule has 0 heterocycles. The Morgan fingerprint density at radius 2 is 2.00 bits per heavy atom. The molecule has 0 aromatic heterocycles. The van der Waals surface area contributed by atoms with E-state index in [1.54, 1.807) is 0 Å². The highest BCUT2D eigenvalue weighted by atomic mass is 32.1. The Morgan fingerprint density at radius 1 is 1.38 bits per heavy atom. The fraction of sp³-hybridized carbons (Fsp3) is 0.500. The molecular weight excluding hydrogens is 176 g/mol. The lowest BCUT2D eigenvalue weighted by atomic mass is 10.0. The van der Waals surface area contributed by atoms with Gasteiger partial charge in [0.2, 0.25) is 0 Å². The number of hydrogen-bond donors (Lipinski definition) is 1. The van der Waals surface area contributed by atoms with Gasteiger partial charge in [0.25, 0.3) is 0 Å². The third kappa shape index (κ3) is 4.37. The van der Waals surface area contributed by atoms with Crippen LogP contribution in [0.5, 0.6) is 0 Å². The second kappa shape index (κ2) is 7.02. The second-order valence-electron chi connectivity index (χ2n) is 3.05. The SMILES string of the molecule is C=C(S)/C(CCC)=C(\C=C/C)CC. The van der Waals surface area contributed by atoms with E-state index in [0.29, 0.717) is 0 Å². The van der Waals surface area contributed by atoms with Gasteiger partial charge < -0.3 is 0 Å². The second-order valence-corrected chi connectivity index (χ2v) is 3.59. The van der Waals surface area contributed by atoms with Crippen LogP contribution in [0.3, 0.4) is 0 Å². The summed E-state index contributed by atoms with van der Waals surface area (Å²) in [6, 6.07) is 0. The Labute approximate surface area is 87.8 Å². The standard InChI is InChI=1S/C12H20S/c1-5-8-11(7-3)12(9-6-2)10(4)13/h5,8,13H,4,6-7,9H2,1-3H3/b8-5-,12-11-. The molecule has 0 spiro atoms. The normalized spacial score (nSPS) is 13.2. The van der Waals surface area contributed by atoms with Crippen LogP contribution in [-0.2, 0) is 0 Å². The van der Waals surface area contributed by atoms with E-state index in [2.05, 4.69) is 45.2 Å². The molecule has 0 nitrogen and oxygen atoms in total. The van der Waals surface area contributed by atoms with Crippen molar-refractivity contribution >= 4 is 12.6 Å². The van der Waals surface area contributed by atoms with Crippen LogP contribution in [0.2, 0.25) is 0 Å². The van der Waals surface area contributed by atoms with Crippen LogP contribution in [0.1, 0.15) is 40.0 Å². The van der Waals surface area contributed by atoms with Crippen LogP contribution < -0.4 is 0 Å². The van der Waals surface area contributed by atoms with Gasteiger partial charge in [-0.3, -0.25) is 0 Å². The molecule has 0 radical (unpaired) electrons. The summed E-state index contributed by atoms with van der Waals surface area (Å²) < 4.78 is 0. The molecule has 0 fully saturated rings. The largest absolute Gasteiger partial charge is 0.144 e. The van der Waals surface area contributed by atoms with Crippen LogP contribution >= 0.6 is 12.6 Å². The summed E-state index contributed by atoms with van der Waals surface area (Å²) in [4.78, 5) is 0.914. The minimum absolute atomic E-state index is 0.914. The van der Waals surface area contributed by atoms with E-state index < -0.39 is 0 Å². The van der Waals surface area contributed by atoms with Gasteiger partial charge in [0.1, 0.15) is 0 Å². The van der Waals surface area contributed by atoms with Crippen molar-refractivity contribution in [2.45, 2.75) is 40.0 Å². The molecule has 0 aromatic carbocycles. The Hall–Kier alpha value is -0.430. The van der Waals surface area contributed by atoms with Crippen molar-refractivity contribution in [2.75, 3.05) is 0 Å². The first-order valence-electron chi connectivity index (χ1n) is 4.90. The minimum atomic E-state index is 0.914. The van der Waals surface area contributed by atoms with Gasteiger partial charge in [-0.15, -0.1) is 12.6 Å². The smallest absolute Gasteiger partial charge is 0.000281 e. The summed E-state index contributed by atoms with van der Waals surface area (Å²) >= 11 is 4.33. The molecule has 0 aliphatic carbocycles. The molecule has 0 aliphatic heterocycles. The van der Waals surface area contributed by atoms with Crippen LogP contribution in [0.25, 0.3) is 0 Å². The van der Waals surface area contributed by atoms with E-state index in [1.807, 2.05) is 6.92 Å². The maximum atomic E-state index is 4.33. The lowest BCUT2D eigenvalue weighted by Crippen LogP contribution is -1.89. The fourth-order valence-electron chi connectivity index (χ4n) is 1.37. The highest BCUT2D eigenvalue weighted by molar-refractivity contribution is 7.84. The van der Waals surface area contributed by atoms with Gasteiger partial charge >= 0.3 is 0 Å². The monoisotopic (exact) mass is 196 g/mol. The molecule has 13 heavy (non-hydrogen) atoms. The van der Waals surface area contributed by atoms with Gasteiger partial charge in [-0.2, -0.15) is 0 Å². The average Bonchev–Trinajstić information content (AvgIpc) is 2.10. The quantitative estimate of drug-likeness (QED) is 0.485. The zero-order valence-electron chi connectivity index (χ0n) is 8.93. The zero-order valence-corrected chi connectivity index (χ0v) is 9.82. The summed E-state index contributed by atoms with van der Waals surface area (Å²) in [5, 5.41) is 0. The molecule has 74 valence electrons. The van der Waals surface area contributed by atoms with Crippen molar-refractivity contribution in [3.8, 4) is 0 Å². The highest BCUT2D eigenvalue weighted by Crippen LogP contribution is 2.24. The molecule has 0 unspecified atom stereocenters. The lowest BCUT2D eigenvalue weighted by molar-refractivity contribution is 0.904. The molecule has 0 saturated carbocycles. The summed E-state index contributed by atoms with van der Waals surface area (Å²) in [5.41, 5.74) is 2.68. The van der Waals surface area contributed by atoms with E-state index in [9.17, 15) is 0 Å². The maximum Gasteiger partial charge on any atom is 0.000281 e. The molecular formula is C12H20S. The summed E-state index contributed by atoms with van der Waals surface area (Å²) in [5.74, 6) is 0. The number of thiol groups is 1. The van der Waals surface area contributed by atoms with Crippen molar-refractivity contribution in [3.05, 3.63) is 34.8 Å². The minimum Gasteiger partial charge on any atom is -0.144 e. The van der Waals surface area contributed by atoms with Crippen molar-refractivity contribution < 1.29 is 0 Å². The summed E-state index contributed by atoms with van der Waals surface area (Å²) in [6.07, 6.45) is 7.52. The number of rotatable bonds is 5. The predicted molar refractivity (Wildman–Crippen MR) is 65.2 cm³/mol. The van der Waals surface area contributed by atoms with Crippen molar-refractivity contribution in [3.63, 3.8) is 0 Å². The predicted octanol–water partition coefficient (Wildman–Crippen LogP) is 4.51. The van der Waals surface area contributed by atoms with Crippen molar-refractivity contribution in [2.24, 2.45) is 0 Å². The van der Waals surface area contributed by atoms with Gasteiger partial charge in [-0.25, -0.2) is 0 Å². The average molecular weight is 196 g/mol. The third-order valence-electron chi connectivity index (χ3n) is 1.98. The van der Waals surface area contributed by atoms with Crippen molar-refractivity contribution in [1.82, 2.24) is 0 Å². The third-order valence-corrected chi connectivity index (χ3v) is 2.25. The molecule has 0 bridgehead atoms. The Morgan fingerprint density at radius 3 is 2.31 bits per heavy atom. The summed E-state index contributed by atoms with van der Waals surface area (Å²) in [6.45, 7) is 10.3. The van der Waals surface area contributed by atoms with E-state index >= 15 is 0 Å². The zero-order chi connectivity index (χ0) is 10.3. The maximum absolute atomic E-state index is 4.33. The molecule has 0 aromatic rings. The molecule has 0 amide bonds. The Kier molecular flexibility index (Phi) is 6.79. The molecule has 0 saturated heterocycles. The topological polar surface area (TPSA) is 0 Å². The Balaban J connectivity index is 4.88. The fourth-order valence-corrected chi connectivity index (χ4v) is 1.63.